The Balaban J connectivity index is 1.86. The minimum Gasteiger partial charge on any atom is -0.466 e. The van der Waals surface area contributed by atoms with Crippen molar-refractivity contribution in [3.63, 3.8) is 0 Å². The van der Waals surface area contributed by atoms with Gasteiger partial charge >= 0.3 is 5.97 Å². The first-order valence-electron chi connectivity index (χ1n) is 11.1. The lowest BCUT2D eigenvalue weighted by atomic mass is 9.92. The smallest absolute Gasteiger partial charge is 0.307 e. The normalized spacial score (nSPS) is 19.5. The summed E-state index contributed by atoms with van der Waals surface area (Å²) in [6, 6.07) is 21.0. The number of carbonyl (C=O) groups is 1. The van der Waals surface area contributed by atoms with Crippen molar-refractivity contribution in [2.24, 2.45) is 0 Å². The molecule has 0 unspecified atom stereocenters. The highest BCUT2D eigenvalue weighted by atomic mass is 16.8. The summed E-state index contributed by atoms with van der Waals surface area (Å²) in [4.78, 5) is 20.8. The molecule has 0 amide bonds. The lowest BCUT2D eigenvalue weighted by Crippen LogP contribution is -2.55. The average Bonchev–Trinajstić information content (AvgIpc) is 2.79. The van der Waals surface area contributed by atoms with E-state index in [-0.39, 0.29) is 24.8 Å². The summed E-state index contributed by atoms with van der Waals surface area (Å²) in [6.07, 6.45) is 2.28. The number of ether oxygens (including phenoxy) is 2. The van der Waals surface area contributed by atoms with Gasteiger partial charge in [0.15, 0.2) is 6.79 Å². The van der Waals surface area contributed by atoms with Crippen molar-refractivity contribution in [1.29, 1.82) is 0 Å². The number of hydrogen-bond acceptors (Lipinski definition) is 6. The Morgan fingerprint density at radius 3 is 2.19 bits per heavy atom. The van der Waals surface area contributed by atoms with Crippen LogP contribution in [0.1, 0.15) is 37.3 Å². The topological polar surface area (TPSA) is 51.2 Å². The molecule has 0 aromatic heterocycles. The molecule has 3 rings (SSSR count). The molecule has 2 atom stereocenters. The minimum absolute atomic E-state index is 0.102. The van der Waals surface area contributed by atoms with Crippen LogP contribution in [-0.4, -0.2) is 55.1 Å². The van der Waals surface area contributed by atoms with Gasteiger partial charge in [-0.3, -0.25) is 14.5 Å². The highest BCUT2D eigenvalue weighted by Gasteiger charge is 2.38. The van der Waals surface area contributed by atoms with Gasteiger partial charge in [0, 0.05) is 32.8 Å². The predicted molar refractivity (Wildman–Crippen MR) is 120 cm³/mol. The van der Waals surface area contributed by atoms with Gasteiger partial charge in [0.05, 0.1) is 19.1 Å². The third-order valence-electron chi connectivity index (χ3n) is 5.64. The van der Waals surface area contributed by atoms with E-state index in [4.69, 9.17) is 14.3 Å². The van der Waals surface area contributed by atoms with Crippen molar-refractivity contribution in [2.45, 2.75) is 51.4 Å². The van der Waals surface area contributed by atoms with Crippen LogP contribution < -0.4 is 0 Å². The van der Waals surface area contributed by atoms with Crippen molar-refractivity contribution >= 4 is 5.97 Å². The largest absolute Gasteiger partial charge is 0.466 e. The van der Waals surface area contributed by atoms with Gasteiger partial charge < -0.3 is 9.47 Å². The third kappa shape index (κ3) is 7.14. The third-order valence-corrected chi connectivity index (χ3v) is 5.64. The number of carbonyl (C=O) groups excluding carboxylic acids is 1. The lowest BCUT2D eigenvalue weighted by molar-refractivity contribution is -0.258. The van der Waals surface area contributed by atoms with Crippen molar-refractivity contribution in [2.75, 3.05) is 27.1 Å². The van der Waals surface area contributed by atoms with Gasteiger partial charge in [-0.05, 0) is 30.9 Å². The fourth-order valence-electron chi connectivity index (χ4n) is 4.27. The van der Waals surface area contributed by atoms with E-state index >= 15 is 0 Å². The maximum Gasteiger partial charge on any atom is 0.307 e. The predicted octanol–water partition coefficient (Wildman–Crippen LogP) is 4.01. The summed E-state index contributed by atoms with van der Waals surface area (Å²) < 4.78 is 10.4. The minimum atomic E-state index is -0.190. The summed E-state index contributed by atoms with van der Waals surface area (Å²) in [5, 5.41) is 1.93. The summed E-state index contributed by atoms with van der Waals surface area (Å²) in [5.41, 5.74) is 2.51. The molecule has 0 bridgehead atoms. The average molecular weight is 427 g/mol. The molecule has 2 aromatic carbocycles. The zero-order valence-electron chi connectivity index (χ0n) is 18.6. The van der Waals surface area contributed by atoms with Gasteiger partial charge in [-0.25, -0.2) is 0 Å². The zero-order valence-corrected chi connectivity index (χ0v) is 18.6. The first kappa shape index (κ1) is 23.4. The van der Waals surface area contributed by atoms with E-state index in [9.17, 15) is 4.79 Å². The maximum atomic E-state index is 12.5. The number of benzene rings is 2. The number of nitrogens with zero attached hydrogens (tertiary/aromatic N) is 2. The molecule has 0 spiro atoms. The molecular formula is C25H34N2O4. The quantitative estimate of drug-likeness (QED) is 0.400. The van der Waals surface area contributed by atoms with Gasteiger partial charge in [-0.1, -0.05) is 60.7 Å². The first-order chi connectivity index (χ1) is 15.2. The summed E-state index contributed by atoms with van der Waals surface area (Å²) in [6.45, 7) is 4.77. The molecule has 31 heavy (non-hydrogen) atoms. The van der Waals surface area contributed by atoms with Crippen molar-refractivity contribution in [1.82, 2.24) is 9.96 Å². The molecular weight excluding hydrogens is 392 g/mol. The highest BCUT2D eigenvalue weighted by molar-refractivity contribution is 5.70. The maximum absolute atomic E-state index is 12.5. The second-order valence-corrected chi connectivity index (χ2v) is 7.84. The fraction of sp³-hybridized carbons (Fsp3) is 0.480. The second kappa shape index (κ2) is 12.6. The van der Waals surface area contributed by atoms with Crippen LogP contribution in [0.2, 0.25) is 0 Å². The Hall–Kier alpha value is -2.25. The van der Waals surface area contributed by atoms with E-state index in [1.54, 1.807) is 7.11 Å². The fourth-order valence-corrected chi connectivity index (χ4v) is 4.27. The summed E-state index contributed by atoms with van der Waals surface area (Å²) in [7, 11) is 1.61. The van der Waals surface area contributed by atoms with Crippen LogP contribution in [0.4, 0.5) is 0 Å². The molecule has 2 aromatic rings. The molecule has 1 fully saturated rings. The Kier molecular flexibility index (Phi) is 9.49. The monoisotopic (exact) mass is 426 g/mol. The molecule has 0 aliphatic carbocycles. The zero-order chi connectivity index (χ0) is 21.9. The molecule has 6 nitrogen and oxygen atoms in total. The van der Waals surface area contributed by atoms with Crippen LogP contribution in [0.15, 0.2) is 60.7 Å². The van der Waals surface area contributed by atoms with Crippen molar-refractivity contribution in [3.8, 4) is 0 Å². The number of esters is 1. The summed E-state index contributed by atoms with van der Waals surface area (Å²) in [5.74, 6) is -0.190. The number of piperidine rings is 1. The van der Waals surface area contributed by atoms with Gasteiger partial charge in [-0.15, -0.1) is 0 Å². The Morgan fingerprint density at radius 2 is 1.65 bits per heavy atom. The van der Waals surface area contributed by atoms with Crippen molar-refractivity contribution < 1.29 is 19.1 Å². The number of methoxy groups -OCH3 is 1. The Labute approximate surface area is 185 Å². The molecule has 1 saturated heterocycles. The van der Waals surface area contributed by atoms with Gasteiger partial charge in [0.1, 0.15) is 0 Å². The molecule has 6 heteroatoms. The van der Waals surface area contributed by atoms with Crippen molar-refractivity contribution in [3.05, 3.63) is 71.8 Å². The Morgan fingerprint density at radius 1 is 1.03 bits per heavy atom. The van der Waals surface area contributed by atoms with Crippen LogP contribution in [0.5, 0.6) is 0 Å². The van der Waals surface area contributed by atoms with Crippen LogP contribution in [-0.2, 0) is 32.2 Å². The van der Waals surface area contributed by atoms with Gasteiger partial charge in [-0.2, -0.15) is 5.06 Å². The lowest BCUT2D eigenvalue weighted by Gasteiger charge is -2.45. The standard InChI is InChI=1S/C25H34N2O4/c1-3-30-25(28)17-24-23(15-10-16-27(24)31-20-29-2)26(18-21-11-6-4-7-12-21)19-22-13-8-5-9-14-22/h4-9,11-14,23-24H,3,10,15-20H2,1-2H3/t23-,24+/m0/s1. The number of hydroxylamine groups is 2. The van der Waals surface area contributed by atoms with E-state index in [1.807, 2.05) is 24.1 Å². The van der Waals surface area contributed by atoms with Gasteiger partial charge in [0.25, 0.3) is 0 Å². The molecule has 1 aliphatic rings. The number of rotatable bonds is 11. The van der Waals surface area contributed by atoms with Crippen LogP contribution in [0.25, 0.3) is 0 Å². The Bertz CT molecular complexity index is 730. The summed E-state index contributed by atoms with van der Waals surface area (Å²) >= 11 is 0. The second-order valence-electron chi connectivity index (χ2n) is 7.84. The number of hydrogen-bond donors (Lipinski definition) is 0. The van der Waals surface area contributed by atoms with E-state index in [1.165, 1.54) is 11.1 Å². The molecule has 0 N–H and O–H groups in total. The molecule has 0 saturated carbocycles. The van der Waals surface area contributed by atoms with Crippen LogP contribution in [0, 0.1) is 0 Å². The SMILES string of the molecule is CCOC(=O)C[C@@H]1[C@@H](N(Cc2ccccc2)Cc2ccccc2)CCCN1OCOC. The van der Waals surface area contributed by atoms with E-state index in [2.05, 4.69) is 53.4 Å². The molecule has 168 valence electrons. The van der Waals surface area contributed by atoms with E-state index in [0.717, 1.165) is 32.5 Å². The van der Waals surface area contributed by atoms with E-state index < -0.39 is 0 Å². The van der Waals surface area contributed by atoms with E-state index in [0.29, 0.717) is 13.0 Å². The van der Waals surface area contributed by atoms with Crippen LogP contribution >= 0.6 is 0 Å². The van der Waals surface area contributed by atoms with Crippen LogP contribution in [0.3, 0.4) is 0 Å². The first-order valence-corrected chi connectivity index (χ1v) is 11.1. The highest BCUT2D eigenvalue weighted by Crippen LogP contribution is 2.28. The molecule has 1 heterocycles. The molecule has 1 aliphatic heterocycles. The molecule has 0 radical (unpaired) electrons. The van der Waals surface area contributed by atoms with Gasteiger partial charge in [0.2, 0.25) is 0 Å².